The van der Waals surface area contributed by atoms with Crippen LogP contribution in [-0.4, -0.2) is 59.0 Å². The lowest BCUT2D eigenvalue weighted by Crippen LogP contribution is -2.49. The average molecular weight is 492 g/mol. The molecule has 3 aromatic heterocycles. The number of aryl methyl sites for hydroxylation is 1. The minimum atomic E-state index is 0.0571. The molecule has 1 saturated heterocycles. The number of carbonyl (C=O) groups excluding carboxylic acids is 1. The molecule has 0 radical (unpaired) electrons. The number of carbonyl (C=O) groups is 1. The second-order valence-electron chi connectivity index (χ2n) is 8.03. The van der Waals surface area contributed by atoms with Crippen LogP contribution in [-0.2, 0) is 0 Å². The fourth-order valence-corrected chi connectivity index (χ4v) is 5.92. The van der Waals surface area contributed by atoms with E-state index in [0.29, 0.717) is 26.2 Å². The summed E-state index contributed by atoms with van der Waals surface area (Å²) in [5.74, 6) is 2.34. The van der Waals surface area contributed by atoms with E-state index in [2.05, 4.69) is 20.1 Å². The van der Waals surface area contributed by atoms with E-state index >= 15 is 0 Å². The molecule has 0 spiro atoms. The molecule has 34 heavy (non-hydrogen) atoms. The van der Waals surface area contributed by atoms with Crippen LogP contribution in [0.3, 0.4) is 0 Å². The Kier molecular flexibility index (Phi) is 5.39. The van der Waals surface area contributed by atoms with E-state index in [1.54, 1.807) is 11.3 Å². The van der Waals surface area contributed by atoms with Crippen molar-refractivity contribution in [2.75, 3.05) is 37.9 Å². The second-order valence-corrected chi connectivity index (χ2v) is 9.98. The highest BCUT2D eigenvalue weighted by molar-refractivity contribution is 7.22. The van der Waals surface area contributed by atoms with Crippen LogP contribution in [0.25, 0.3) is 21.1 Å². The molecule has 6 rings (SSSR count). The molecule has 2 aliphatic rings. The number of fused-ring (bicyclic) bond motifs is 1. The summed E-state index contributed by atoms with van der Waals surface area (Å²) in [4.78, 5) is 23.7. The summed E-state index contributed by atoms with van der Waals surface area (Å²) in [5, 5.41) is 11.8. The van der Waals surface area contributed by atoms with Gasteiger partial charge in [-0.25, -0.2) is 4.98 Å². The number of amides is 1. The van der Waals surface area contributed by atoms with E-state index in [1.165, 1.54) is 11.3 Å². The first-order chi connectivity index (χ1) is 16.7. The Hall–Kier alpha value is -3.50. The molecule has 8 nitrogen and oxygen atoms in total. The zero-order chi connectivity index (χ0) is 23.1. The van der Waals surface area contributed by atoms with Crippen molar-refractivity contribution < 1.29 is 14.3 Å². The molecule has 1 amide bonds. The van der Waals surface area contributed by atoms with E-state index in [0.717, 1.165) is 49.0 Å². The number of thiophene rings is 1. The van der Waals surface area contributed by atoms with Crippen LogP contribution in [0.15, 0.2) is 47.8 Å². The number of hydrogen-bond acceptors (Lipinski definition) is 9. The Morgan fingerprint density at radius 2 is 1.85 bits per heavy atom. The maximum atomic E-state index is 13.2. The first-order valence-corrected chi connectivity index (χ1v) is 12.6. The third-order valence-corrected chi connectivity index (χ3v) is 8.12. The Morgan fingerprint density at radius 1 is 1.00 bits per heavy atom. The quantitative estimate of drug-likeness (QED) is 0.420. The minimum absolute atomic E-state index is 0.0571. The third-order valence-electron chi connectivity index (χ3n) is 5.93. The van der Waals surface area contributed by atoms with Crippen molar-refractivity contribution in [2.45, 2.75) is 6.92 Å². The van der Waals surface area contributed by atoms with Gasteiger partial charge in [0.1, 0.15) is 9.88 Å². The Labute approximate surface area is 204 Å². The topological polar surface area (TPSA) is 80.7 Å². The van der Waals surface area contributed by atoms with Crippen LogP contribution < -0.4 is 14.4 Å². The highest BCUT2D eigenvalue weighted by Crippen LogP contribution is 2.35. The average Bonchev–Trinajstić information content (AvgIpc) is 3.64. The lowest BCUT2D eigenvalue weighted by molar-refractivity contribution is 0.0750. The monoisotopic (exact) mass is 491 g/mol. The summed E-state index contributed by atoms with van der Waals surface area (Å²) in [5.41, 5.74) is 2.50. The fraction of sp³-hybridized carbons (Fsp3) is 0.250. The Morgan fingerprint density at radius 3 is 2.62 bits per heavy atom. The number of piperazine rings is 1. The zero-order valence-corrected chi connectivity index (χ0v) is 20.1. The molecule has 0 atom stereocenters. The molecule has 0 bridgehead atoms. The number of hydrogen-bond donors (Lipinski definition) is 0. The van der Waals surface area contributed by atoms with Gasteiger partial charge in [-0.05, 0) is 48.7 Å². The summed E-state index contributed by atoms with van der Waals surface area (Å²) < 4.78 is 10.8. The van der Waals surface area contributed by atoms with Gasteiger partial charge < -0.3 is 19.3 Å². The Balaban J connectivity index is 1.11. The van der Waals surface area contributed by atoms with Gasteiger partial charge in [0.25, 0.3) is 5.91 Å². The Bertz CT molecular complexity index is 1330. The molecule has 0 saturated carbocycles. The van der Waals surface area contributed by atoms with E-state index in [4.69, 9.17) is 9.47 Å². The van der Waals surface area contributed by atoms with Gasteiger partial charge in [-0.2, -0.15) is 0 Å². The van der Waals surface area contributed by atoms with Crippen molar-refractivity contribution in [3.05, 3.63) is 58.4 Å². The van der Waals surface area contributed by atoms with Gasteiger partial charge in [0.15, 0.2) is 17.3 Å². The summed E-state index contributed by atoms with van der Waals surface area (Å²) in [6.45, 7) is 4.84. The second kappa shape index (κ2) is 8.69. The van der Waals surface area contributed by atoms with Crippen LogP contribution in [0.5, 0.6) is 11.5 Å². The van der Waals surface area contributed by atoms with Gasteiger partial charge in [-0.15, -0.1) is 32.9 Å². The van der Waals surface area contributed by atoms with Crippen molar-refractivity contribution in [2.24, 2.45) is 0 Å². The van der Waals surface area contributed by atoms with Crippen molar-refractivity contribution in [3.63, 3.8) is 0 Å². The molecule has 4 aromatic rings. The number of benzene rings is 1. The van der Waals surface area contributed by atoms with E-state index in [9.17, 15) is 4.79 Å². The molecule has 1 fully saturated rings. The van der Waals surface area contributed by atoms with Gasteiger partial charge in [-0.1, -0.05) is 6.07 Å². The van der Waals surface area contributed by atoms with Gasteiger partial charge in [0.05, 0.1) is 16.3 Å². The summed E-state index contributed by atoms with van der Waals surface area (Å²) in [6.07, 6.45) is 0. The van der Waals surface area contributed by atoms with Crippen LogP contribution >= 0.6 is 22.7 Å². The largest absolute Gasteiger partial charge is 0.454 e. The third kappa shape index (κ3) is 3.88. The maximum absolute atomic E-state index is 13.2. The first kappa shape index (κ1) is 21.1. The normalized spacial score (nSPS) is 15.1. The van der Waals surface area contributed by atoms with Gasteiger partial charge in [0, 0.05) is 31.7 Å². The number of aromatic nitrogens is 3. The smallest absolute Gasteiger partial charge is 0.265 e. The van der Waals surface area contributed by atoms with Crippen molar-refractivity contribution in [1.82, 2.24) is 20.1 Å². The molecule has 10 heteroatoms. The molecule has 1 aromatic carbocycles. The number of nitrogens with zero attached hydrogens (tertiary/aromatic N) is 5. The fourth-order valence-electron chi connectivity index (χ4n) is 4.09. The summed E-state index contributed by atoms with van der Waals surface area (Å²) in [7, 11) is 0. The molecule has 0 N–H and O–H groups in total. The summed E-state index contributed by atoms with van der Waals surface area (Å²) >= 11 is 3.12. The molecule has 172 valence electrons. The van der Waals surface area contributed by atoms with Gasteiger partial charge in [0.2, 0.25) is 6.79 Å². The van der Waals surface area contributed by atoms with Crippen LogP contribution in [0.4, 0.5) is 5.82 Å². The van der Waals surface area contributed by atoms with Crippen molar-refractivity contribution >= 4 is 34.4 Å². The predicted octanol–water partition coefficient (Wildman–Crippen LogP) is 4.33. The van der Waals surface area contributed by atoms with Gasteiger partial charge in [-0.3, -0.25) is 4.79 Å². The zero-order valence-electron chi connectivity index (χ0n) is 18.4. The minimum Gasteiger partial charge on any atom is -0.454 e. The SMILES string of the molecule is Cc1nc(-c2cccs2)sc1C(=O)N1CCN(c2ccc(-c3ccc4c(c3)OCO4)nn2)CC1. The van der Waals surface area contributed by atoms with Crippen molar-refractivity contribution in [3.8, 4) is 32.6 Å². The molecule has 5 heterocycles. The number of rotatable bonds is 4. The lowest BCUT2D eigenvalue weighted by Gasteiger charge is -2.35. The van der Waals surface area contributed by atoms with Crippen LogP contribution in [0, 0.1) is 6.92 Å². The van der Waals surface area contributed by atoms with Crippen LogP contribution in [0.2, 0.25) is 0 Å². The van der Waals surface area contributed by atoms with E-state index in [1.807, 2.05) is 59.7 Å². The van der Waals surface area contributed by atoms with Crippen molar-refractivity contribution in [1.29, 1.82) is 0 Å². The standard InChI is InChI=1S/C24H21N5O3S2/c1-15-22(34-23(25-15)20-3-2-12-33-20)24(30)29-10-8-28(9-11-29)21-7-5-17(26-27-21)16-4-6-18-19(13-16)32-14-31-18/h2-7,12-13H,8-11,14H2,1H3. The first-order valence-electron chi connectivity index (χ1n) is 10.9. The molecule has 2 aliphatic heterocycles. The van der Waals surface area contributed by atoms with E-state index < -0.39 is 0 Å². The molecule has 0 unspecified atom stereocenters. The number of anilines is 1. The molecular weight excluding hydrogens is 470 g/mol. The lowest BCUT2D eigenvalue weighted by atomic mass is 10.1. The molecule has 0 aliphatic carbocycles. The van der Waals surface area contributed by atoms with Gasteiger partial charge >= 0.3 is 0 Å². The summed E-state index contributed by atoms with van der Waals surface area (Å²) in [6, 6.07) is 13.7. The van der Waals surface area contributed by atoms with Crippen LogP contribution in [0.1, 0.15) is 15.4 Å². The number of ether oxygens (including phenoxy) is 2. The number of thiazole rings is 1. The highest BCUT2D eigenvalue weighted by Gasteiger charge is 2.26. The molecular formula is C24H21N5O3S2. The predicted molar refractivity (Wildman–Crippen MR) is 132 cm³/mol. The highest BCUT2D eigenvalue weighted by atomic mass is 32.1. The maximum Gasteiger partial charge on any atom is 0.265 e. The van der Waals surface area contributed by atoms with E-state index in [-0.39, 0.29) is 12.7 Å².